The van der Waals surface area contributed by atoms with Crippen LogP contribution in [0.3, 0.4) is 0 Å². The lowest BCUT2D eigenvalue weighted by molar-refractivity contribution is 0.416. The zero-order valence-electron chi connectivity index (χ0n) is 10.4. The first-order chi connectivity index (χ1) is 8.41. The Hall–Kier alpha value is -0.940. The van der Waals surface area contributed by atoms with Gasteiger partial charge in [-0.2, -0.15) is 0 Å². The summed E-state index contributed by atoms with van der Waals surface area (Å²) in [6.07, 6.45) is 0.632. The van der Waals surface area contributed by atoms with Crippen molar-refractivity contribution >= 4 is 27.1 Å². The summed E-state index contributed by atoms with van der Waals surface area (Å²) in [4.78, 5) is 0. The Labute approximate surface area is 112 Å². The molecule has 0 spiro atoms. The van der Waals surface area contributed by atoms with Gasteiger partial charge in [-0.3, -0.25) is 0 Å². The number of sulfone groups is 1. The molecule has 1 N–H and O–H groups in total. The van der Waals surface area contributed by atoms with Gasteiger partial charge in [0.1, 0.15) is 5.75 Å². The van der Waals surface area contributed by atoms with E-state index >= 15 is 0 Å². The van der Waals surface area contributed by atoms with E-state index in [-0.39, 0.29) is 17.5 Å². The topological polar surface area (TPSA) is 55.4 Å². The highest BCUT2D eigenvalue weighted by atomic mass is 35.5. The Balaban J connectivity index is 2.21. The number of methoxy groups -OCH3 is 1. The van der Waals surface area contributed by atoms with Crippen molar-refractivity contribution in [1.29, 1.82) is 0 Å². The number of hydrogen-bond donors (Lipinski definition) is 1. The molecule has 1 aliphatic heterocycles. The van der Waals surface area contributed by atoms with Crippen LogP contribution in [0.5, 0.6) is 5.75 Å². The highest BCUT2D eigenvalue weighted by molar-refractivity contribution is 7.91. The number of nitrogens with one attached hydrogen (secondary N) is 1. The third kappa shape index (κ3) is 2.90. The van der Waals surface area contributed by atoms with Gasteiger partial charge in [0.15, 0.2) is 9.84 Å². The number of rotatable bonds is 3. The molecule has 1 aromatic carbocycles. The third-order valence-corrected chi connectivity index (χ3v) is 5.25. The average molecular weight is 290 g/mol. The molecule has 1 aliphatic rings. The molecule has 18 heavy (non-hydrogen) atoms. The lowest BCUT2D eigenvalue weighted by Crippen LogP contribution is -2.21. The summed E-state index contributed by atoms with van der Waals surface area (Å²) >= 11 is 6.02. The number of anilines is 1. The van der Waals surface area contributed by atoms with Gasteiger partial charge in [-0.15, -0.1) is 0 Å². The van der Waals surface area contributed by atoms with E-state index in [2.05, 4.69) is 5.32 Å². The summed E-state index contributed by atoms with van der Waals surface area (Å²) < 4.78 is 28.1. The molecule has 1 unspecified atom stereocenters. The van der Waals surface area contributed by atoms with E-state index in [1.807, 2.05) is 13.0 Å². The Bertz CT molecular complexity index is 557. The highest BCUT2D eigenvalue weighted by Crippen LogP contribution is 2.32. The van der Waals surface area contributed by atoms with Gasteiger partial charge in [0.05, 0.1) is 24.3 Å². The zero-order valence-corrected chi connectivity index (χ0v) is 11.9. The molecule has 1 fully saturated rings. The Morgan fingerprint density at radius 2 is 2.17 bits per heavy atom. The van der Waals surface area contributed by atoms with Crippen LogP contribution < -0.4 is 10.1 Å². The normalized spacial score (nSPS) is 21.8. The molecule has 0 radical (unpaired) electrons. The van der Waals surface area contributed by atoms with Crippen molar-refractivity contribution in [3.05, 3.63) is 22.7 Å². The molecule has 0 saturated carbocycles. The minimum absolute atomic E-state index is 0.0514. The number of halogens is 1. The lowest BCUT2D eigenvalue weighted by Gasteiger charge is -2.16. The van der Waals surface area contributed by atoms with Crippen LogP contribution >= 0.6 is 11.6 Å². The molecular weight excluding hydrogens is 274 g/mol. The van der Waals surface area contributed by atoms with Crippen LogP contribution in [0.25, 0.3) is 0 Å². The maximum atomic E-state index is 11.4. The smallest absolute Gasteiger partial charge is 0.152 e. The quantitative estimate of drug-likeness (QED) is 0.927. The largest absolute Gasteiger partial charge is 0.495 e. The molecule has 0 aromatic heterocycles. The fraction of sp³-hybridized carbons (Fsp3) is 0.500. The van der Waals surface area contributed by atoms with Crippen molar-refractivity contribution < 1.29 is 13.2 Å². The summed E-state index contributed by atoms with van der Waals surface area (Å²) in [6, 6.07) is 3.57. The van der Waals surface area contributed by atoms with E-state index in [1.165, 1.54) is 0 Å². The van der Waals surface area contributed by atoms with Crippen LogP contribution in [-0.2, 0) is 9.84 Å². The van der Waals surface area contributed by atoms with Crippen molar-refractivity contribution in [1.82, 2.24) is 0 Å². The summed E-state index contributed by atoms with van der Waals surface area (Å²) in [5.74, 6) is 1.06. The maximum absolute atomic E-state index is 11.4. The Kier molecular flexibility index (Phi) is 3.73. The van der Waals surface area contributed by atoms with Crippen LogP contribution in [0.1, 0.15) is 12.0 Å². The van der Waals surface area contributed by atoms with E-state index in [0.29, 0.717) is 17.2 Å². The first-order valence-corrected chi connectivity index (χ1v) is 7.92. The molecule has 0 bridgehead atoms. The molecule has 100 valence electrons. The maximum Gasteiger partial charge on any atom is 0.152 e. The summed E-state index contributed by atoms with van der Waals surface area (Å²) in [7, 11) is -1.32. The predicted octanol–water partition coefficient (Wildman–Crippen LogP) is 2.26. The zero-order chi connectivity index (χ0) is 13.3. The predicted molar refractivity (Wildman–Crippen MR) is 73.4 cm³/mol. The molecule has 1 aromatic rings. The molecule has 6 heteroatoms. The van der Waals surface area contributed by atoms with E-state index in [9.17, 15) is 8.42 Å². The lowest BCUT2D eigenvalue weighted by atomic mass is 10.1. The van der Waals surface area contributed by atoms with Gasteiger partial charge in [0.25, 0.3) is 0 Å². The number of ether oxygens (including phenoxy) is 1. The van der Waals surface area contributed by atoms with Gasteiger partial charge in [-0.05, 0) is 25.0 Å². The molecular formula is C12H16ClNO3S. The van der Waals surface area contributed by atoms with Crippen LogP contribution in [0.4, 0.5) is 5.69 Å². The second-order valence-corrected chi connectivity index (χ2v) is 7.18. The van der Waals surface area contributed by atoms with Crippen molar-refractivity contribution in [2.45, 2.75) is 19.4 Å². The van der Waals surface area contributed by atoms with E-state index in [0.717, 1.165) is 11.3 Å². The van der Waals surface area contributed by atoms with Crippen LogP contribution in [0, 0.1) is 6.92 Å². The van der Waals surface area contributed by atoms with Crippen LogP contribution in [-0.4, -0.2) is 33.1 Å². The Morgan fingerprint density at radius 1 is 1.44 bits per heavy atom. The number of aryl methyl sites for hydroxylation is 1. The molecule has 2 rings (SSSR count). The first kappa shape index (κ1) is 13.5. The van der Waals surface area contributed by atoms with Crippen molar-refractivity contribution in [3.8, 4) is 5.75 Å². The SMILES string of the molecule is COc1cc(Cl)c(C)cc1NC1CCS(=O)(=O)C1. The molecule has 1 heterocycles. The van der Waals surface area contributed by atoms with Gasteiger partial charge in [-0.1, -0.05) is 11.6 Å². The molecule has 0 amide bonds. The molecule has 1 atom stereocenters. The van der Waals surface area contributed by atoms with Crippen LogP contribution in [0.15, 0.2) is 12.1 Å². The first-order valence-electron chi connectivity index (χ1n) is 5.72. The second-order valence-electron chi connectivity index (χ2n) is 4.55. The van der Waals surface area contributed by atoms with Crippen molar-refractivity contribution in [3.63, 3.8) is 0 Å². The van der Waals surface area contributed by atoms with Gasteiger partial charge in [0.2, 0.25) is 0 Å². The standard InChI is InChI=1S/C12H16ClNO3S/c1-8-5-11(12(17-2)6-10(8)13)14-9-3-4-18(15,16)7-9/h5-6,9,14H,3-4,7H2,1-2H3. The van der Waals surface area contributed by atoms with E-state index < -0.39 is 9.84 Å². The number of hydrogen-bond acceptors (Lipinski definition) is 4. The van der Waals surface area contributed by atoms with Gasteiger partial charge < -0.3 is 10.1 Å². The van der Waals surface area contributed by atoms with Gasteiger partial charge >= 0.3 is 0 Å². The van der Waals surface area contributed by atoms with E-state index in [1.54, 1.807) is 13.2 Å². The van der Waals surface area contributed by atoms with Gasteiger partial charge in [-0.25, -0.2) is 8.42 Å². The third-order valence-electron chi connectivity index (χ3n) is 3.07. The molecule has 1 saturated heterocycles. The minimum atomic E-state index is -2.88. The summed E-state index contributed by atoms with van der Waals surface area (Å²) in [5, 5.41) is 3.86. The summed E-state index contributed by atoms with van der Waals surface area (Å²) in [5.41, 5.74) is 1.72. The highest BCUT2D eigenvalue weighted by Gasteiger charge is 2.28. The summed E-state index contributed by atoms with van der Waals surface area (Å²) in [6.45, 7) is 1.90. The van der Waals surface area contributed by atoms with Gasteiger partial charge in [0, 0.05) is 17.1 Å². The Morgan fingerprint density at radius 3 is 2.72 bits per heavy atom. The minimum Gasteiger partial charge on any atom is -0.495 e. The van der Waals surface area contributed by atoms with Crippen molar-refractivity contribution in [2.24, 2.45) is 0 Å². The average Bonchev–Trinajstić information content (AvgIpc) is 2.63. The molecule has 4 nitrogen and oxygen atoms in total. The molecule has 0 aliphatic carbocycles. The number of benzene rings is 1. The fourth-order valence-electron chi connectivity index (χ4n) is 2.07. The fourth-order valence-corrected chi connectivity index (χ4v) is 3.90. The second kappa shape index (κ2) is 4.97. The van der Waals surface area contributed by atoms with Crippen LogP contribution in [0.2, 0.25) is 5.02 Å². The van der Waals surface area contributed by atoms with Crippen molar-refractivity contribution in [2.75, 3.05) is 23.9 Å². The monoisotopic (exact) mass is 289 g/mol. The van der Waals surface area contributed by atoms with E-state index in [4.69, 9.17) is 16.3 Å².